The summed E-state index contributed by atoms with van der Waals surface area (Å²) in [5.74, 6) is 1.67. The summed E-state index contributed by atoms with van der Waals surface area (Å²) in [5, 5.41) is 10.7. The first-order valence-corrected chi connectivity index (χ1v) is 12.9. The quantitative estimate of drug-likeness (QED) is 0.333. The highest BCUT2D eigenvalue weighted by atomic mass is 35.5. The molecule has 1 aliphatic heterocycles. The van der Waals surface area contributed by atoms with Gasteiger partial charge in [0.2, 0.25) is 11.9 Å². The van der Waals surface area contributed by atoms with Crippen molar-refractivity contribution in [2.45, 2.75) is 19.8 Å². The first-order chi connectivity index (χ1) is 18.1. The van der Waals surface area contributed by atoms with Crippen LogP contribution in [0.2, 0.25) is 5.02 Å². The van der Waals surface area contributed by atoms with Crippen LogP contribution in [0, 0.1) is 6.92 Å². The molecule has 0 unspecified atom stereocenters. The number of aromatic nitrogens is 4. The van der Waals surface area contributed by atoms with Crippen molar-refractivity contribution in [1.82, 2.24) is 24.5 Å². The molecule has 0 atom stereocenters. The summed E-state index contributed by atoms with van der Waals surface area (Å²) in [6.45, 7) is 4.86. The van der Waals surface area contributed by atoms with Crippen molar-refractivity contribution in [2.24, 2.45) is 0 Å². The van der Waals surface area contributed by atoms with Gasteiger partial charge in [0.1, 0.15) is 0 Å². The van der Waals surface area contributed by atoms with Crippen LogP contribution < -0.4 is 4.90 Å². The number of carbonyl (C=O) groups is 1. The summed E-state index contributed by atoms with van der Waals surface area (Å²) in [6, 6.07) is 23.8. The lowest BCUT2D eigenvalue weighted by Crippen LogP contribution is -2.36. The SMILES string of the molecule is Cc1cccc(-c2nnc3c4ccc(Cl)cc4nc(N4CCCN(C(=O)Cc5ccccc5)CC4)n23)c1. The molecule has 0 radical (unpaired) electrons. The van der Waals surface area contributed by atoms with Gasteiger partial charge in [0.25, 0.3) is 0 Å². The van der Waals surface area contributed by atoms with E-state index in [9.17, 15) is 4.79 Å². The topological polar surface area (TPSA) is 66.6 Å². The summed E-state index contributed by atoms with van der Waals surface area (Å²) in [5.41, 5.74) is 4.70. The molecule has 8 heteroatoms. The van der Waals surface area contributed by atoms with Gasteiger partial charge in [-0.1, -0.05) is 65.7 Å². The van der Waals surface area contributed by atoms with Crippen LogP contribution in [0.3, 0.4) is 0 Å². The van der Waals surface area contributed by atoms with Gasteiger partial charge in [-0.2, -0.15) is 0 Å². The van der Waals surface area contributed by atoms with Crippen molar-refractivity contribution >= 4 is 40.0 Å². The van der Waals surface area contributed by atoms with Crippen molar-refractivity contribution in [3.63, 3.8) is 0 Å². The van der Waals surface area contributed by atoms with Crippen molar-refractivity contribution in [2.75, 3.05) is 31.1 Å². The van der Waals surface area contributed by atoms with Crippen LogP contribution in [0.4, 0.5) is 5.95 Å². The Labute approximate surface area is 220 Å². The average Bonchev–Trinajstić information content (AvgIpc) is 3.19. The Morgan fingerprint density at radius 1 is 0.919 bits per heavy atom. The lowest BCUT2D eigenvalue weighted by molar-refractivity contribution is -0.130. The van der Waals surface area contributed by atoms with Gasteiger partial charge in [-0.15, -0.1) is 10.2 Å². The largest absolute Gasteiger partial charge is 0.341 e. The number of anilines is 1. The Bertz CT molecular complexity index is 1600. The third-order valence-electron chi connectivity index (χ3n) is 6.89. The minimum atomic E-state index is 0.154. The van der Waals surface area contributed by atoms with E-state index in [1.807, 2.05) is 70.0 Å². The third kappa shape index (κ3) is 4.62. The molecule has 0 N–H and O–H groups in total. The smallest absolute Gasteiger partial charge is 0.227 e. The van der Waals surface area contributed by atoms with E-state index in [-0.39, 0.29) is 5.91 Å². The number of carbonyl (C=O) groups excluding carboxylic acids is 1. The van der Waals surface area contributed by atoms with Crippen LogP contribution in [-0.4, -0.2) is 56.6 Å². The molecule has 3 aromatic carbocycles. The Kier molecular flexibility index (Phi) is 6.22. The fraction of sp³-hybridized carbons (Fsp3) is 0.241. The zero-order chi connectivity index (χ0) is 25.4. The van der Waals surface area contributed by atoms with E-state index in [1.165, 1.54) is 0 Å². The van der Waals surface area contributed by atoms with Gasteiger partial charge in [-0.25, -0.2) is 9.38 Å². The average molecular weight is 511 g/mol. The molecule has 5 aromatic rings. The Morgan fingerprint density at radius 3 is 2.62 bits per heavy atom. The van der Waals surface area contributed by atoms with Gasteiger partial charge < -0.3 is 9.80 Å². The van der Waals surface area contributed by atoms with Gasteiger partial charge in [0.05, 0.1) is 11.9 Å². The molecule has 0 bridgehead atoms. The third-order valence-corrected chi connectivity index (χ3v) is 7.13. The first-order valence-electron chi connectivity index (χ1n) is 12.5. The van der Waals surface area contributed by atoms with Gasteiger partial charge >= 0.3 is 0 Å². The van der Waals surface area contributed by atoms with Crippen LogP contribution in [0.5, 0.6) is 0 Å². The second kappa shape index (κ2) is 9.82. The fourth-order valence-electron chi connectivity index (χ4n) is 5.02. The molecule has 186 valence electrons. The molecule has 1 amide bonds. The molecular weight excluding hydrogens is 484 g/mol. The highest BCUT2D eigenvalue weighted by Crippen LogP contribution is 2.30. The number of halogens is 1. The summed E-state index contributed by atoms with van der Waals surface area (Å²) >= 11 is 6.33. The fourth-order valence-corrected chi connectivity index (χ4v) is 5.19. The van der Waals surface area contributed by atoms with Crippen LogP contribution in [-0.2, 0) is 11.2 Å². The van der Waals surface area contributed by atoms with Gasteiger partial charge in [-0.05, 0) is 43.2 Å². The maximum absolute atomic E-state index is 13.1. The number of benzene rings is 3. The zero-order valence-electron chi connectivity index (χ0n) is 20.6. The molecule has 7 nitrogen and oxygen atoms in total. The van der Waals surface area contributed by atoms with E-state index >= 15 is 0 Å². The molecule has 1 saturated heterocycles. The Balaban J connectivity index is 1.38. The number of nitrogens with zero attached hydrogens (tertiary/aromatic N) is 6. The lowest BCUT2D eigenvalue weighted by Gasteiger charge is -2.24. The van der Waals surface area contributed by atoms with E-state index in [4.69, 9.17) is 16.6 Å². The molecule has 1 aliphatic rings. The van der Waals surface area contributed by atoms with E-state index < -0.39 is 0 Å². The van der Waals surface area contributed by atoms with E-state index in [1.54, 1.807) is 0 Å². The summed E-state index contributed by atoms with van der Waals surface area (Å²) in [7, 11) is 0. The number of amides is 1. The predicted molar refractivity (Wildman–Crippen MR) is 147 cm³/mol. The Morgan fingerprint density at radius 2 is 1.78 bits per heavy atom. The molecule has 1 fully saturated rings. The highest BCUT2D eigenvalue weighted by molar-refractivity contribution is 6.31. The molecule has 37 heavy (non-hydrogen) atoms. The van der Waals surface area contributed by atoms with Gasteiger partial charge in [-0.3, -0.25) is 4.79 Å². The number of hydrogen-bond donors (Lipinski definition) is 0. The second-order valence-electron chi connectivity index (χ2n) is 9.51. The summed E-state index contributed by atoms with van der Waals surface area (Å²) < 4.78 is 2.05. The number of hydrogen-bond acceptors (Lipinski definition) is 5. The number of aryl methyl sites for hydroxylation is 1. The normalized spacial score (nSPS) is 14.3. The second-order valence-corrected chi connectivity index (χ2v) is 9.95. The first kappa shape index (κ1) is 23.4. The van der Waals surface area contributed by atoms with E-state index in [0.717, 1.165) is 64.5 Å². The molecular formula is C29H27ClN6O. The van der Waals surface area contributed by atoms with Crippen LogP contribution in [0.15, 0.2) is 72.8 Å². The lowest BCUT2D eigenvalue weighted by atomic mass is 10.1. The van der Waals surface area contributed by atoms with Crippen LogP contribution in [0.25, 0.3) is 27.9 Å². The molecule has 0 spiro atoms. The minimum Gasteiger partial charge on any atom is -0.341 e. The van der Waals surface area contributed by atoms with Gasteiger partial charge in [0.15, 0.2) is 11.5 Å². The van der Waals surface area contributed by atoms with E-state index in [0.29, 0.717) is 24.5 Å². The monoisotopic (exact) mass is 510 g/mol. The standard InChI is InChI=1S/C29H27ClN6O/c1-20-7-5-10-22(17-20)27-32-33-28-24-12-11-23(30)19-25(24)31-29(36(27)28)35-14-6-13-34(15-16-35)26(37)18-21-8-3-2-4-9-21/h2-5,7-12,17,19H,6,13-16,18H2,1H3. The minimum absolute atomic E-state index is 0.154. The maximum Gasteiger partial charge on any atom is 0.227 e. The van der Waals surface area contributed by atoms with Crippen molar-refractivity contribution < 1.29 is 4.79 Å². The summed E-state index contributed by atoms with van der Waals surface area (Å²) in [4.78, 5) is 22.3. The maximum atomic E-state index is 13.1. The van der Waals surface area contributed by atoms with Gasteiger partial charge in [0, 0.05) is 42.2 Å². The number of fused-ring (bicyclic) bond motifs is 3. The molecule has 3 heterocycles. The predicted octanol–water partition coefficient (Wildman–Crippen LogP) is 5.19. The highest BCUT2D eigenvalue weighted by Gasteiger charge is 2.24. The van der Waals surface area contributed by atoms with Crippen LogP contribution >= 0.6 is 11.6 Å². The molecule has 2 aromatic heterocycles. The number of rotatable bonds is 4. The van der Waals surface area contributed by atoms with Crippen molar-refractivity contribution in [3.05, 3.63) is 88.9 Å². The zero-order valence-corrected chi connectivity index (χ0v) is 21.4. The van der Waals surface area contributed by atoms with Crippen molar-refractivity contribution in [3.8, 4) is 11.4 Å². The van der Waals surface area contributed by atoms with E-state index in [2.05, 4.69) is 34.2 Å². The summed E-state index contributed by atoms with van der Waals surface area (Å²) in [6.07, 6.45) is 1.26. The Hall–Kier alpha value is -3.97. The van der Waals surface area contributed by atoms with Crippen LogP contribution in [0.1, 0.15) is 17.5 Å². The molecule has 0 aliphatic carbocycles. The molecule has 6 rings (SSSR count). The van der Waals surface area contributed by atoms with Crippen molar-refractivity contribution in [1.29, 1.82) is 0 Å². The molecule has 0 saturated carbocycles.